The number of nitrogens with two attached hydrogens (primary N) is 2. The lowest BCUT2D eigenvalue weighted by Gasteiger charge is -2.07. The van der Waals surface area contributed by atoms with Crippen molar-refractivity contribution >= 4 is 11.9 Å². The van der Waals surface area contributed by atoms with E-state index in [0.29, 0.717) is 0 Å². The van der Waals surface area contributed by atoms with Gasteiger partial charge in [0.2, 0.25) is 5.91 Å². The number of nitriles is 1. The molecule has 0 aliphatic heterocycles. The van der Waals surface area contributed by atoms with Crippen LogP contribution in [0.4, 0.5) is 0 Å². The molecule has 0 bridgehead atoms. The minimum atomic E-state index is -0.888. The molecule has 72 valence electrons. The van der Waals surface area contributed by atoms with E-state index in [4.69, 9.17) is 16.7 Å². The van der Waals surface area contributed by atoms with Crippen molar-refractivity contribution in [2.75, 3.05) is 6.61 Å². The molecule has 0 aliphatic carbocycles. The normalized spacial score (nSPS) is 11.4. The maximum atomic E-state index is 10.9. The van der Waals surface area contributed by atoms with Crippen LogP contribution in [0.5, 0.6) is 0 Å². The Kier molecular flexibility index (Phi) is 5.23. The van der Waals surface area contributed by atoms with Gasteiger partial charge in [-0.3, -0.25) is 9.59 Å². The Balaban J connectivity index is 3.70. The maximum absolute atomic E-state index is 10.9. The summed E-state index contributed by atoms with van der Waals surface area (Å²) < 4.78 is 4.41. The SMILES string of the molecule is N#CCOC(=O)[C@@H](N)CCC(N)=O. The Labute approximate surface area is 75.4 Å². The van der Waals surface area contributed by atoms with Crippen LogP contribution in [0.15, 0.2) is 0 Å². The van der Waals surface area contributed by atoms with Gasteiger partial charge in [-0.25, -0.2) is 0 Å². The first-order valence-electron chi connectivity index (χ1n) is 3.65. The van der Waals surface area contributed by atoms with Crippen molar-refractivity contribution in [1.29, 1.82) is 5.26 Å². The first kappa shape index (κ1) is 11.4. The molecule has 0 spiro atoms. The number of nitrogens with zero attached hydrogens (tertiary/aromatic N) is 1. The third kappa shape index (κ3) is 5.64. The summed E-state index contributed by atoms with van der Waals surface area (Å²) in [5.41, 5.74) is 10.2. The van der Waals surface area contributed by atoms with E-state index in [0.717, 1.165) is 0 Å². The Morgan fingerprint density at radius 2 is 2.15 bits per heavy atom. The van der Waals surface area contributed by atoms with Gasteiger partial charge in [0, 0.05) is 6.42 Å². The van der Waals surface area contributed by atoms with Gasteiger partial charge in [0.05, 0.1) is 0 Å². The van der Waals surface area contributed by atoms with Crippen molar-refractivity contribution in [2.45, 2.75) is 18.9 Å². The van der Waals surface area contributed by atoms with Crippen LogP contribution in [0.2, 0.25) is 0 Å². The van der Waals surface area contributed by atoms with Crippen LogP contribution in [-0.2, 0) is 14.3 Å². The number of carbonyl (C=O) groups excluding carboxylic acids is 2. The molecule has 0 saturated heterocycles. The second-order valence-corrected chi connectivity index (χ2v) is 2.38. The summed E-state index contributed by atoms with van der Waals surface area (Å²) >= 11 is 0. The molecule has 0 aromatic rings. The van der Waals surface area contributed by atoms with E-state index in [-0.39, 0.29) is 19.4 Å². The fourth-order valence-electron chi connectivity index (χ4n) is 0.626. The van der Waals surface area contributed by atoms with E-state index >= 15 is 0 Å². The monoisotopic (exact) mass is 185 g/mol. The summed E-state index contributed by atoms with van der Waals surface area (Å²) in [6, 6.07) is 0.740. The zero-order valence-corrected chi connectivity index (χ0v) is 7.03. The quantitative estimate of drug-likeness (QED) is 0.513. The fraction of sp³-hybridized carbons (Fsp3) is 0.571. The highest BCUT2D eigenvalue weighted by molar-refractivity contribution is 5.78. The van der Waals surface area contributed by atoms with Gasteiger partial charge in [-0.15, -0.1) is 0 Å². The van der Waals surface area contributed by atoms with Crippen LogP contribution in [0.25, 0.3) is 0 Å². The third-order valence-electron chi connectivity index (χ3n) is 1.28. The fourth-order valence-corrected chi connectivity index (χ4v) is 0.626. The third-order valence-corrected chi connectivity index (χ3v) is 1.28. The van der Waals surface area contributed by atoms with Gasteiger partial charge in [-0.05, 0) is 6.42 Å². The predicted octanol–water partition coefficient (Wildman–Crippen LogP) is -1.35. The van der Waals surface area contributed by atoms with Gasteiger partial charge in [0.1, 0.15) is 12.1 Å². The molecular weight excluding hydrogens is 174 g/mol. The van der Waals surface area contributed by atoms with E-state index in [2.05, 4.69) is 4.74 Å². The zero-order valence-electron chi connectivity index (χ0n) is 7.03. The number of hydrogen-bond acceptors (Lipinski definition) is 5. The number of rotatable bonds is 5. The molecule has 13 heavy (non-hydrogen) atoms. The molecule has 6 nitrogen and oxygen atoms in total. The van der Waals surface area contributed by atoms with Crippen LogP contribution >= 0.6 is 0 Å². The van der Waals surface area contributed by atoms with Crippen molar-refractivity contribution < 1.29 is 14.3 Å². The highest BCUT2D eigenvalue weighted by atomic mass is 16.5. The van der Waals surface area contributed by atoms with Gasteiger partial charge >= 0.3 is 5.97 Å². The summed E-state index contributed by atoms with van der Waals surface area (Å²) in [6.45, 7) is -0.330. The number of ether oxygens (including phenoxy) is 1. The van der Waals surface area contributed by atoms with Crippen LogP contribution in [0.3, 0.4) is 0 Å². The Bertz CT molecular complexity index is 234. The van der Waals surface area contributed by atoms with Crippen molar-refractivity contribution in [1.82, 2.24) is 0 Å². The lowest BCUT2D eigenvalue weighted by molar-refractivity contribution is -0.143. The average Bonchev–Trinajstić information content (AvgIpc) is 2.10. The maximum Gasteiger partial charge on any atom is 0.323 e. The van der Waals surface area contributed by atoms with Crippen molar-refractivity contribution in [3.05, 3.63) is 0 Å². The Morgan fingerprint density at radius 1 is 1.54 bits per heavy atom. The first-order chi connectivity index (χ1) is 6.07. The number of carbonyl (C=O) groups is 2. The molecule has 0 rings (SSSR count). The van der Waals surface area contributed by atoms with Gasteiger partial charge in [-0.2, -0.15) is 5.26 Å². The van der Waals surface area contributed by atoms with E-state index < -0.39 is 17.9 Å². The second kappa shape index (κ2) is 5.97. The Morgan fingerprint density at radius 3 is 2.62 bits per heavy atom. The van der Waals surface area contributed by atoms with Crippen LogP contribution in [-0.4, -0.2) is 24.5 Å². The van der Waals surface area contributed by atoms with E-state index in [1.54, 1.807) is 6.07 Å². The lowest BCUT2D eigenvalue weighted by Crippen LogP contribution is -2.33. The summed E-state index contributed by atoms with van der Waals surface area (Å²) in [7, 11) is 0. The van der Waals surface area contributed by atoms with E-state index in [1.165, 1.54) is 0 Å². The number of primary amides is 1. The van der Waals surface area contributed by atoms with Gasteiger partial charge in [-0.1, -0.05) is 0 Å². The smallest absolute Gasteiger partial charge is 0.323 e. The summed E-state index contributed by atoms with van der Waals surface area (Å²) in [6.07, 6.45) is 0.169. The van der Waals surface area contributed by atoms with Gasteiger partial charge < -0.3 is 16.2 Å². The molecule has 1 amide bonds. The number of amides is 1. The molecule has 6 heteroatoms. The van der Waals surface area contributed by atoms with Gasteiger partial charge in [0.15, 0.2) is 6.61 Å². The van der Waals surface area contributed by atoms with Crippen molar-refractivity contribution in [2.24, 2.45) is 11.5 Å². The summed E-state index contributed by atoms with van der Waals surface area (Å²) in [4.78, 5) is 21.2. The highest BCUT2D eigenvalue weighted by Crippen LogP contribution is 1.96. The number of esters is 1. The van der Waals surface area contributed by atoms with Crippen LogP contribution < -0.4 is 11.5 Å². The highest BCUT2D eigenvalue weighted by Gasteiger charge is 2.15. The summed E-state index contributed by atoms with van der Waals surface area (Å²) in [5.74, 6) is -1.22. The first-order valence-corrected chi connectivity index (χ1v) is 3.65. The molecule has 0 aromatic heterocycles. The topological polar surface area (TPSA) is 119 Å². The average molecular weight is 185 g/mol. The second-order valence-electron chi connectivity index (χ2n) is 2.38. The molecule has 4 N–H and O–H groups in total. The molecular formula is C7H11N3O3. The van der Waals surface area contributed by atoms with E-state index in [1.807, 2.05) is 0 Å². The minimum Gasteiger partial charge on any atom is -0.449 e. The molecule has 0 aliphatic rings. The lowest BCUT2D eigenvalue weighted by atomic mass is 10.1. The minimum absolute atomic E-state index is 0.0306. The molecule has 1 atom stereocenters. The molecule has 0 unspecified atom stereocenters. The molecule has 0 saturated carbocycles. The Hall–Kier alpha value is -1.61. The van der Waals surface area contributed by atoms with Crippen LogP contribution in [0, 0.1) is 11.3 Å². The number of hydrogen-bond donors (Lipinski definition) is 2. The standard InChI is InChI=1S/C7H11N3O3/c8-3-4-13-7(12)5(9)1-2-6(10)11/h5H,1-2,4,9H2,(H2,10,11)/t5-/m0/s1. The molecule has 0 heterocycles. The predicted molar refractivity (Wildman–Crippen MR) is 43.0 cm³/mol. The van der Waals surface area contributed by atoms with Crippen molar-refractivity contribution in [3.63, 3.8) is 0 Å². The molecule has 0 fully saturated rings. The van der Waals surface area contributed by atoms with Crippen LogP contribution in [0.1, 0.15) is 12.8 Å². The van der Waals surface area contributed by atoms with Crippen molar-refractivity contribution in [3.8, 4) is 6.07 Å². The molecule has 0 radical (unpaired) electrons. The summed E-state index contributed by atoms with van der Waals surface area (Å²) in [5, 5.41) is 8.07. The largest absolute Gasteiger partial charge is 0.449 e. The van der Waals surface area contributed by atoms with Gasteiger partial charge in [0.25, 0.3) is 0 Å². The molecule has 0 aromatic carbocycles. The van der Waals surface area contributed by atoms with E-state index in [9.17, 15) is 9.59 Å². The zero-order chi connectivity index (χ0) is 10.3.